The molecule has 0 aliphatic rings. The lowest BCUT2D eigenvalue weighted by Crippen LogP contribution is -2.06. The van der Waals surface area contributed by atoms with Gasteiger partial charge in [0.2, 0.25) is 5.91 Å². The maximum Gasteiger partial charge on any atom is 0.221 e. The maximum atomic E-state index is 11.1. The molecule has 104 valence electrons. The number of anilines is 2. The molecule has 0 unspecified atom stereocenters. The second-order valence-electron chi connectivity index (χ2n) is 4.72. The number of amides is 1. The Hall–Kier alpha value is -2.00. The Balaban J connectivity index is 2.10. The van der Waals surface area contributed by atoms with Crippen LogP contribution in [0.25, 0.3) is 0 Å². The van der Waals surface area contributed by atoms with Crippen molar-refractivity contribution in [3.05, 3.63) is 58.6 Å². The summed E-state index contributed by atoms with van der Waals surface area (Å²) >= 11 is 6.16. The van der Waals surface area contributed by atoms with Crippen LogP contribution in [0.3, 0.4) is 0 Å². The predicted octanol–water partition coefficient (Wildman–Crippen LogP) is 4.22. The van der Waals surface area contributed by atoms with E-state index in [0.29, 0.717) is 11.6 Å². The summed E-state index contributed by atoms with van der Waals surface area (Å²) in [6, 6.07) is 13.7. The van der Waals surface area contributed by atoms with Crippen molar-refractivity contribution in [2.24, 2.45) is 0 Å². The fourth-order valence-corrected chi connectivity index (χ4v) is 2.15. The Morgan fingerprint density at radius 3 is 2.70 bits per heavy atom. The van der Waals surface area contributed by atoms with Crippen molar-refractivity contribution in [3.8, 4) is 0 Å². The second kappa shape index (κ2) is 6.44. The summed E-state index contributed by atoms with van der Waals surface area (Å²) in [6.07, 6.45) is 0. The Morgan fingerprint density at radius 1 is 1.20 bits per heavy atom. The molecular weight excluding hydrogens is 272 g/mol. The molecular formula is C16H17ClN2O. The van der Waals surface area contributed by atoms with Crippen LogP contribution < -0.4 is 10.6 Å². The summed E-state index contributed by atoms with van der Waals surface area (Å²) in [7, 11) is 0. The molecule has 0 bridgehead atoms. The molecule has 1 amide bonds. The third-order valence-corrected chi connectivity index (χ3v) is 3.18. The molecule has 0 saturated carbocycles. The monoisotopic (exact) mass is 288 g/mol. The molecule has 0 atom stereocenters. The van der Waals surface area contributed by atoms with Crippen LogP contribution in [-0.2, 0) is 11.3 Å². The minimum absolute atomic E-state index is 0.100. The molecule has 0 heterocycles. The van der Waals surface area contributed by atoms with Crippen molar-refractivity contribution < 1.29 is 4.79 Å². The summed E-state index contributed by atoms with van der Waals surface area (Å²) in [5.41, 5.74) is 3.95. The Kier molecular flexibility index (Phi) is 4.64. The first-order chi connectivity index (χ1) is 9.54. The van der Waals surface area contributed by atoms with Gasteiger partial charge in [-0.1, -0.05) is 41.4 Å². The number of carbonyl (C=O) groups excluding carboxylic acids is 1. The number of halogens is 1. The van der Waals surface area contributed by atoms with Crippen molar-refractivity contribution >= 4 is 28.9 Å². The number of benzene rings is 2. The second-order valence-corrected chi connectivity index (χ2v) is 5.13. The van der Waals surface area contributed by atoms with Gasteiger partial charge in [0.15, 0.2) is 0 Å². The zero-order valence-electron chi connectivity index (χ0n) is 11.5. The van der Waals surface area contributed by atoms with Crippen molar-refractivity contribution in [2.75, 3.05) is 10.6 Å². The molecule has 2 aromatic rings. The van der Waals surface area contributed by atoms with Gasteiger partial charge in [-0.2, -0.15) is 0 Å². The quantitative estimate of drug-likeness (QED) is 0.884. The van der Waals surface area contributed by atoms with E-state index in [1.165, 1.54) is 18.1 Å². The lowest BCUT2D eigenvalue weighted by molar-refractivity contribution is -0.114. The minimum atomic E-state index is -0.100. The standard InChI is InChI=1S/C16H17ClN2O/c1-11-4-3-5-13(8-11)10-18-16-9-14(19-12(2)20)6-7-15(16)17/h3-9,18H,10H2,1-2H3,(H,19,20). The highest BCUT2D eigenvalue weighted by Crippen LogP contribution is 2.26. The molecule has 2 aromatic carbocycles. The first kappa shape index (κ1) is 14.4. The third-order valence-electron chi connectivity index (χ3n) is 2.85. The van der Waals surface area contributed by atoms with E-state index >= 15 is 0 Å². The molecule has 4 heteroatoms. The van der Waals surface area contributed by atoms with Crippen LogP contribution in [-0.4, -0.2) is 5.91 Å². The van der Waals surface area contributed by atoms with Gasteiger partial charge in [-0.25, -0.2) is 0 Å². The number of carbonyl (C=O) groups is 1. The van der Waals surface area contributed by atoms with Crippen molar-refractivity contribution in [1.29, 1.82) is 0 Å². The van der Waals surface area contributed by atoms with Crippen LogP contribution in [0, 0.1) is 6.92 Å². The third kappa shape index (κ3) is 4.00. The number of aryl methyl sites for hydroxylation is 1. The van der Waals surface area contributed by atoms with Crippen LogP contribution in [0.15, 0.2) is 42.5 Å². The van der Waals surface area contributed by atoms with E-state index in [0.717, 1.165) is 11.4 Å². The molecule has 20 heavy (non-hydrogen) atoms. The average molecular weight is 289 g/mol. The lowest BCUT2D eigenvalue weighted by atomic mass is 10.1. The van der Waals surface area contributed by atoms with Crippen LogP contribution >= 0.6 is 11.6 Å². The molecule has 0 aliphatic carbocycles. The summed E-state index contributed by atoms with van der Waals surface area (Å²) in [6.45, 7) is 4.23. The van der Waals surface area contributed by atoms with Crippen LogP contribution in [0.1, 0.15) is 18.1 Å². The molecule has 0 aliphatic heterocycles. The lowest BCUT2D eigenvalue weighted by Gasteiger charge is -2.11. The predicted molar refractivity (Wildman–Crippen MR) is 84.3 cm³/mol. The van der Waals surface area contributed by atoms with E-state index in [2.05, 4.69) is 35.8 Å². The SMILES string of the molecule is CC(=O)Nc1ccc(Cl)c(NCc2cccc(C)c2)c1. The Labute approximate surface area is 124 Å². The van der Waals surface area contributed by atoms with E-state index in [1.54, 1.807) is 12.1 Å². The maximum absolute atomic E-state index is 11.1. The van der Waals surface area contributed by atoms with Gasteiger partial charge < -0.3 is 10.6 Å². The van der Waals surface area contributed by atoms with Crippen molar-refractivity contribution in [3.63, 3.8) is 0 Å². The molecule has 0 fully saturated rings. The Morgan fingerprint density at radius 2 is 2.00 bits per heavy atom. The fraction of sp³-hybridized carbons (Fsp3) is 0.188. The van der Waals surface area contributed by atoms with Crippen molar-refractivity contribution in [2.45, 2.75) is 20.4 Å². The minimum Gasteiger partial charge on any atom is -0.380 e. The highest BCUT2D eigenvalue weighted by molar-refractivity contribution is 6.33. The van der Waals surface area contributed by atoms with Gasteiger partial charge in [0.05, 0.1) is 10.7 Å². The summed E-state index contributed by atoms with van der Waals surface area (Å²) < 4.78 is 0. The van der Waals surface area contributed by atoms with Crippen LogP contribution in [0.4, 0.5) is 11.4 Å². The zero-order valence-corrected chi connectivity index (χ0v) is 12.3. The number of hydrogen-bond donors (Lipinski definition) is 2. The van der Waals surface area contributed by atoms with E-state index in [-0.39, 0.29) is 5.91 Å². The summed E-state index contributed by atoms with van der Waals surface area (Å²) in [5, 5.41) is 6.66. The van der Waals surface area contributed by atoms with Crippen LogP contribution in [0.5, 0.6) is 0 Å². The molecule has 2 rings (SSSR count). The van der Waals surface area contributed by atoms with Crippen molar-refractivity contribution in [1.82, 2.24) is 0 Å². The van der Waals surface area contributed by atoms with Gasteiger partial charge in [-0.05, 0) is 30.7 Å². The topological polar surface area (TPSA) is 41.1 Å². The molecule has 0 spiro atoms. The normalized spacial score (nSPS) is 10.2. The summed E-state index contributed by atoms with van der Waals surface area (Å²) in [4.78, 5) is 11.1. The van der Waals surface area contributed by atoms with Gasteiger partial charge in [-0.15, -0.1) is 0 Å². The number of hydrogen-bond acceptors (Lipinski definition) is 2. The highest BCUT2D eigenvalue weighted by Gasteiger charge is 2.03. The number of nitrogens with one attached hydrogen (secondary N) is 2. The molecule has 3 nitrogen and oxygen atoms in total. The van der Waals surface area contributed by atoms with Gasteiger partial charge >= 0.3 is 0 Å². The van der Waals surface area contributed by atoms with E-state index in [1.807, 2.05) is 12.1 Å². The smallest absolute Gasteiger partial charge is 0.221 e. The molecule has 0 saturated heterocycles. The molecule has 2 N–H and O–H groups in total. The van der Waals surface area contributed by atoms with Gasteiger partial charge in [-0.3, -0.25) is 4.79 Å². The summed E-state index contributed by atoms with van der Waals surface area (Å²) in [5.74, 6) is -0.100. The zero-order chi connectivity index (χ0) is 14.5. The van der Waals surface area contributed by atoms with Crippen LogP contribution in [0.2, 0.25) is 5.02 Å². The number of rotatable bonds is 4. The first-order valence-electron chi connectivity index (χ1n) is 6.41. The van der Waals surface area contributed by atoms with Gasteiger partial charge in [0.1, 0.15) is 0 Å². The van der Waals surface area contributed by atoms with Gasteiger partial charge in [0.25, 0.3) is 0 Å². The molecule has 0 radical (unpaired) electrons. The largest absolute Gasteiger partial charge is 0.380 e. The first-order valence-corrected chi connectivity index (χ1v) is 6.79. The van der Waals surface area contributed by atoms with E-state index in [9.17, 15) is 4.79 Å². The Bertz CT molecular complexity index is 626. The fourth-order valence-electron chi connectivity index (χ4n) is 1.96. The van der Waals surface area contributed by atoms with E-state index in [4.69, 9.17) is 11.6 Å². The van der Waals surface area contributed by atoms with E-state index < -0.39 is 0 Å². The average Bonchev–Trinajstić information content (AvgIpc) is 2.39. The van der Waals surface area contributed by atoms with Gasteiger partial charge in [0, 0.05) is 19.2 Å². The highest BCUT2D eigenvalue weighted by atomic mass is 35.5. The molecule has 0 aromatic heterocycles.